The number of benzene rings is 2. The number of phenols is 1. The molecule has 1 aromatic heterocycles. The molecule has 1 heterocycles. The maximum Gasteiger partial charge on any atom is 0.341 e. The highest BCUT2D eigenvalue weighted by Gasteiger charge is 2.22. The van der Waals surface area contributed by atoms with Crippen molar-refractivity contribution in [2.24, 2.45) is 4.99 Å². The number of carbonyl (C=O) groups is 1. The van der Waals surface area contributed by atoms with Crippen molar-refractivity contribution in [3.63, 3.8) is 0 Å². The molecule has 0 amide bonds. The van der Waals surface area contributed by atoms with Crippen LogP contribution in [-0.4, -0.2) is 23.9 Å². The largest absolute Gasteiger partial charge is 0.507 e. The average molecular weight is 386 g/mol. The maximum absolute atomic E-state index is 12.5. The van der Waals surface area contributed by atoms with Crippen LogP contribution in [0.25, 0.3) is 11.1 Å². The number of carbonyl (C=O) groups excluding carboxylic acids is 1. The summed E-state index contributed by atoms with van der Waals surface area (Å²) in [5, 5.41) is 12.8. The molecule has 0 fully saturated rings. The number of para-hydroxylation sites is 1. The summed E-state index contributed by atoms with van der Waals surface area (Å²) in [4.78, 5) is 16.9. The van der Waals surface area contributed by atoms with E-state index in [9.17, 15) is 9.90 Å². The molecule has 0 atom stereocenters. The Bertz CT molecular complexity index is 965. The van der Waals surface area contributed by atoms with E-state index < -0.39 is 5.97 Å². The summed E-state index contributed by atoms with van der Waals surface area (Å²) in [5.41, 5.74) is 2.37. The summed E-state index contributed by atoms with van der Waals surface area (Å²) in [5.74, 6) is -0.329. The van der Waals surface area contributed by atoms with Crippen molar-refractivity contribution in [1.82, 2.24) is 0 Å². The number of esters is 1. The number of phenolic OH excluding ortho intramolecular Hbond substituents is 1. The smallest absolute Gasteiger partial charge is 0.341 e. The highest BCUT2D eigenvalue weighted by molar-refractivity contribution is 7.14. The topological polar surface area (TPSA) is 58.9 Å². The second-order valence-electron chi connectivity index (χ2n) is 5.35. The van der Waals surface area contributed by atoms with Crippen LogP contribution >= 0.6 is 22.9 Å². The molecule has 4 nitrogen and oxygen atoms in total. The summed E-state index contributed by atoms with van der Waals surface area (Å²) < 4.78 is 5.21. The molecule has 1 N–H and O–H groups in total. The van der Waals surface area contributed by atoms with E-state index >= 15 is 0 Å². The Labute approximate surface area is 160 Å². The number of nitrogens with zero attached hydrogens (tertiary/aromatic N) is 1. The molecule has 0 bridgehead atoms. The third-order valence-electron chi connectivity index (χ3n) is 3.67. The van der Waals surface area contributed by atoms with Gasteiger partial charge in [-0.25, -0.2) is 9.79 Å². The predicted molar refractivity (Wildman–Crippen MR) is 106 cm³/mol. The van der Waals surface area contributed by atoms with E-state index in [0.29, 0.717) is 26.7 Å². The molecule has 0 aliphatic carbocycles. The van der Waals surface area contributed by atoms with Crippen LogP contribution in [0.1, 0.15) is 22.8 Å². The summed E-state index contributed by atoms with van der Waals surface area (Å²) in [6.45, 7) is 2.02. The normalized spacial score (nSPS) is 11.0. The molecule has 0 saturated heterocycles. The first-order valence-electron chi connectivity index (χ1n) is 7.97. The molecule has 0 aliphatic rings. The molecule has 2 aromatic carbocycles. The first-order valence-corrected chi connectivity index (χ1v) is 9.23. The van der Waals surface area contributed by atoms with Crippen LogP contribution in [0.4, 0.5) is 5.00 Å². The van der Waals surface area contributed by atoms with E-state index in [1.165, 1.54) is 17.6 Å². The molecule has 3 aromatic rings. The second-order valence-corrected chi connectivity index (χ2v) is 6.61. The van der Waals surface area contributed by atoms with E-state index in [0.717, 1.165) is 5.56 Å². The van der Waals surface area contributed by atoms with Gasteiger partial charge in [-0.3, -0.25) is 0 Å². The zero-order valence-corrected chi connectivity index (χ0v) is 15.6. The molecule has 6 heteroatoms. The Morgan fingerprint density at radius 3 is 2.65 bits per heavy atom. The van der Waals surface area contributed by atoms with Gasteiger partial charge in [0.05, 0.1) is 6.61 Å². The van der Waals surface area contributed by atoms with Gasteiger partial charge in [-0.05, 0) is 25.1 Å². The Morgan fingerprint density at radius 2 is 1.92 bits per heavy atom. The van der Waals surface area contributed by atoms with Gasteiger partial charge >= 0.3 is 5.97 Å². The lowest BCUT2D eigenvalue weighted by molar-refractivity contribution is 0.0529. The molecule has 0 radical (unpaired) electrons. The zero-order valence-electron chi connectivity index (χ0n) is 14.0. The number of halogens is 1. The van der Waals surface area contributed by atoms with Gasteiger partial charge in [-0.2, -0.15) is 0 Å². The number of hydrogen-bond donors (Lipinski definition) is 1. The Kier molecular flexibility index (Phi) is 5.71. The summed E-state index contributed by atoms with van der Waals surface area (Å²) in [7, 11) is 0. The number of aliphatic imine (C=N–C) groups is 1. The highest BCUT2D eigenvalue weighted by atomic mass is 35.5. The molecular formula is C20H16ClNO3S. The van der Waals surface area contributed by atoms with Crippen molar-refractivity contribution in [3.8, 4) is 16.9 Å². The number of aromatic hydroxyl groups is 1. The molecule has 0 unspecified atom stereocenters. The fraction of sp³-hybridized carbons (Fsp3) is 0.100. The molecular weight excluding hydrogens is 370 g/mol. The van der Waals surface area contributed by atoms with Crippen molar-refractivity contribution >= 4 is 40.1 Å². The van der Waals surface area contributed by atoms with Gasteiger partial charge in [0.25, 0.3) is 0 Å². The van der Waals surface area contributed by atoms with Crippen LogP contribution in [0.5, 0.6) is 5.75 Å². The Hall–Kier alpha value is -2.63. The Morgan fingerprint density at radius 1 is 1.19 bits per heavy atom. The van der Waals surface area contributed by atoms with Gasteiger partial charge in [0, 0.05) is 33.3 Å². The van der Waals surface area contributed by atoms with E-state index in [4.69, 9.17) is 16.3 Å². The van der Waals surface area contributed by atoms with Gasteiger partial charge < -0.3 is 9.84 Å². The number of rotatable bonds is 5. The molecule has 0 spiro atoms. The molecule has 3 rings (SSSR count). The minimum absolute atomic E-state index is 0.122. The van der Waals surface area contributed by atoms with Gasteiger partial charge in [0.15, 0.2) is 0 Å². The quantitative estimate of drug-likeness (QED) is 0.452. The predicted octanol–water partition coefficient (Wildman–Crippen LogP) is 5.70. The van der Waals surface area contributed by atoms with Crippen molar-refractivity contribution in [3.05, 3.63) is 70.1 Å². The number of thiophene rings is 1. The molecule has 132 valence electrons. The van der Waals surface area contributed by atoms with E-state index in [2.05, 4.69) is 4.99 Å². The molecule has 0 saturated carbocycles. The van der Waals surface area contributed by atoms with E-state index in [1.54, 1.807) is 37.3 Å². The summed E-state index contributed by atoms with van der Waals surface area (Å²) >= 11 is 7.62. The van der Waals surface area contributed by atoms with Crippen LogP contribution < -0.4 is 0 Å². The summed E-state index contributed by atoms with van der Waals surface area (Å²) in [6.07, 6.45) is 1.53. The van der Waals surface area contributed by atoms with E-state index in [-0.39, 0.29) is 12.4 Å². The third kappa shape index (κ3) is 3.79. The fourth-order valence-corrected chi connectivity index (χ4v) is 3.58. The minimum Gasteiger partial charge on any atom is -0.507 e. The number of hydrogen-bond acceptors (Lipinski definition) is 5. The SMILES string of the molecule is CCOC(=O)c1c(-c2ccccc2Cl)csc1/N=C\c1ccccc1O. The lowest BCUT2D eigenvalue weighted by atomic mass is 10.0. The second kappa shape index (κ2) is 8.17. The first-order chi connectivity index (χ1) is 12.6. The van der Waals surface area contributed by atoms with Crippen LogP contribution in [0.2, 0.25) is 5.02 Å². The van der Waals surface area contributed by atoms with Gasteiger partial charge in [0.1, 0.15) is 16.3 Å². The fourth-order valence-electron chi connectivity index (χ4n) is 2.45. The van der Waals surface area contributed by atoms with Crippen molar-refractivity contribution in [2.45, 2.75) is 6.92 Å². The Balaban J connectivity index is 2.07. The van der Waals surface area contributed by atoms with E-state index in [1.807, 2.05) is 23.6 Å². The van der Waals surface area contributed by atoms with Crippen LogP contribution in [0, 0.1) is 0 Å². The third-order valence-corrected chi connectivity index (χ3v) is 4.89. The van der Waals surface area contributed by atoms with Gasteiger partial charge in [-0.1, -0.05) is 41.9 Å². The van der Waals surface area contributed by atoms with Crippen molar-refractivity contribution < 1.29 is 14.6 Å². The van der Waals surface area contributed by atoms with Crippen LogP contribution in [0.15, 0.2) is 58.9 Å². The zero-order chi connectivity index (χ0) is 18.5. The molecule has 26 heavy (non-hydrogen) atoms. The lowest BCUT2D eigenvalue weighted by Gasteiger charge is -2.07. The highest BCUT2D eigenvalue weighted by Crippen LogP contribution is 2.40. The standard InChI is InChI=1S/C20H16ClNO3S/c1-2-25-20(24)18-15(14-8-4-5-9-16(14)21)12-26-19(18)22-11-13-7-3-6-10-17(13)23/h3-12,23H,2H2,1H3/b22-11-. The average Bonchev–Trinajstić information content (AvgIpc) is 3.05. The lowest BCUT2D eigenvalue weighted by Crippen LogP contribution is -2.05. The van der Waals surface area contributed by atoms with Gasteiger partial charge in [-0.15, -0.1) is 11.3 Å². The summed E-state index contributed by atoms with van der Waals surface area (Å²) in [6, 6.07) is 14.2. The monoisotopic (exact) mass is 385 g/mol. The van der Waals surface area contributed by atoms with Crippen LogP contribution in [0.3, 0.4) is 0 Å². The van der Waals surface area contributed by atoms with Crippen molar-refractivity contribution in [1.29, 1.82) is 0 Å². The van der Waals surface area contributed by atoms with Gasteiger partial charge in [0.2, 0.25) is 0 Å². The van der Waals surface area contributed by atoms with Crippen LogP contribution in [-0.2, 0) is 4.74 Å². The first kappa shape index (κ1) is 18.2. The minimum atomic E-state index is -0.451. The maximum atomic E-state index is 12.5. The van der Waals surface area contributed by atoms with Crippen molar-refractivity contribution in [2.75, 3.05) is 6.61 Å². The number of ether oxygens (including phenoxy) is 1. The molecule has 0 aliphatic heterocycles.